The van der Waals surface area contributed by atoms with Crippen LogP contribution in [0, 0.1) is 49.9 Å². The number of aliphatic hydroxyl groups is 1. The molecular formula is C45H58N4O5. The summed E-state index contributed by atoms with van der Waals surface area (Å²) in [5.74, 6) is 2.56. The molecule has 3 aliphatic heterocycles. The van der Waals surface area contributed by atoms with E-state index in [0.29, 0.717) is 29.2 Å². The minimum atomic E-state index is -1.18. The lowest BCUT2D eigenvalue weighted by Gasteiger charge is -2.24. The number of ether oxygens (including phenoxy) is 2. The van der Waals surface area contributed by atoms with E-state index >= 15 is 0 Å². The zero-order valence-electron chi connectivity index (χ0n) is 33.5. The second-order valence-electron chi connectivity index (χ2n) is 16.0. The van der Waals surface area contributed by atoms with Gasteiger partial charge in [-0.2, -0.15) is 0 Å². The molecule has 6 atom stereocenters. The van der Waals surface area contributed by atoms with Crippen LogP contribution in [0.4, 0.5) is 0 Å². The SMILES string of the molecule is C#C[C@H]1C(C)=C2/C=C3\NC(C4=C(C(=O)OC)[C@H](O)c5c4[nH]c(c5C)/C=c4\[nH]/c(c(C)c4CC)=C\C1N2)[C@@H](CCC(=O)OC/C=C(\C)CCCC(C)C)[C@@H]3C. The van der Waals surface area contributed by atoms with Crippen LogP contribution in [0.15, 0.2) is 40.3 Å². The smallest absolute Gasteiger partial charge is 0.337 e. The average molecular weight is 735 g/mol. The van der Waals surface area contributed by atoms with Crippen LogP contribution in [-0.4, -0.2) is 52.8 Å². The van der Waals surface area contributed by atoms with Gasteiger partial charge in [-0.3, -0.25) is 4.79 Å². The number of nitrogens with one attached hydrogen (secondary N) is 4. The van der Waals surface area contributed by atoms with E-state index < -0.39 is 18.1 Å². The number of carbonyl (C=O) groups is 2. The van der Waals surface area contributed by atoms with Gasteiger partial charge in [0.05, 0.1) is 36.4 Å². The highest BCUT2D eigenvalue weighted by molar-refractivity contribution is 6.03. The highest BCUT2D eigenvalue weighted by Crippen LogP contribution is 2.50. The number of rotatable bonds is 11. The van der Waals surface area contributed by atoms with Crippen LogP contribution in [0.1, 0.15) is 113 Å². The largest absolute Gasteiger partial charge is 0.466 e. The van der Waals surface area contributed by atoms with E-state index in [4.69, 9.17) is 15.9 Å². The van der Waals surface area contributed by atoms with Gasteiger partial charge in [-0.05, 0) is 112 Å². The molecule has 0 radical (unpaired) electrons. The number of terminal acetylenes is 1. The van der Waals surface area contributed by atoms with Gasteiger partial charge in [-0.15, -0.1) is 6.42 Å². The molecule has 0 spiro atoms. The Morgan fingerprint density at radius 1 is 1.07 bits per heavy atom. The van der Waals surface area contributed by atoms with Crippen LogP contribution < -0.4 is 21.3 Å². The van der Waals surface area contributed by atoms with Gasteiger partial charge in [-0.1, -0.05) is 45.6 Å². The van der Waals surface area contributed by atoms with Gasteiger partial charge < -0.3 is 35.2 Å². The molecule has 1 aliphatic carbocycles. The van der Waals surface area contributed by atoms with Crippen LogP contribution in [0.3, 0.4) is 0 Å². The Hall–Kier alpha value is -4.68. The molecule has 0 aromatic carbocycles. The van der Waals surface area contributed by atoms with Gasteiger partial charge in [0.15, 0.2) is 0 Å². The summed E-state index contributed by atoms with van der Waals surface area (Å²) in [4.78, 5) is 34.1. The van der Waals surface area contributed by atoms with Crippen LogP contribution in [0.25, 0.3) is 17.7 Å². The van der Waals surface area contributed by atoms with Gasteiger partial charge >= 0.3 is 11.9 Å². The lowest BCUT2D eigenvalue weighted by molar-refractivity contribution is -0.143. The topological polar surface area (TPSA) is 128 Å². The Bertz CT molecular complexity index is 2110. The van der Waals surface area contributed by atoms with Crippen molar-refractivity contribution in [3.8, 4) is 12.3 Å². The maximum Gasteiger partial charge on any atom is 0.337 e. The monoisotopic (exact) mass is 734 g/mol. The zero-order chi connectivity index (χ0) is 39.0. The molecular weight excluding hydrogens is 677 g/mol. The predicted molar refractivity (Wildman–Crippen MR) is 214 cm³/mol. The summed E-state index contributed by atoms with van der Waals surface area (Å²) in [5, 5.41) is 21.4. The molecule has 4 aliphatic rings. The molecule has 0 saturated carbocycles. The van der Waals surface area contributed by atoms with Crippen LogP contribution >= 0.6 is 0 Å². The van der Waals surface area contributed by atoms with E-state index in [1.54, 1.807) is 0 Å². The Morgan fingerprint density at radius 2 is 1.83 bits per heavy atom. The standard InChI is InChI=1S/C45H58N4O5/c1-11-29-25(6)32-20-34-27(8)31(16-17-38(50)54-19-18-24(5)15-13-14-23(3)4)42(48-34)40-41(45(52)53-10)44(51)39-28(9)35(49-43(39)40)22-37-30(12-2)26(7)33(47-37)21-36(29)46-32/h1,18,20-23,27,29,31,36,42,44,46-49,51H,12-17,19H2,2-10H3/b24-18+,33-21-,34-20-,37-22-/t27-,29-,31-,36?,42?,44+/m0/s1. The van der Waals surface area contributed by atoms with Gasteiger partial charge in [0.2, 0.25) is 0 Å². The first-order valence-electron chi connectivity index (χ1n) is 19.7. The van der Waals surface area contributed by atoms with E-state index in [2.05, 4.69) is 93.2 Å². The lowest BCUT2D eigenvalue weighted by atomic mass is 9.82. The number of aromatic amines is 2. The van der Waals surface area contributed by atoms with Gasteiger partial charge in [0, 0.05) is 51.3 Å². The Balaban J connectivity index is 1.43. The third-order valence-corrected chi connectivity index (χ3v) is 12.2. The number of aliphatic hydroxyl groups excluding tert-OH is 1. The summed E-state index contributed by atoms with van der Waals surface area (Å²) in [7, 11) is 1.34. The van der Waals surface area contributed by atoms with E-state index in [0.717, 1.165) is 58.2 Å². The Morgan fingerprint density at radius 3 is 2.52 bits per heavy atom. The third kappa shape index (κ3) is 7.25. The molecule has 54 heavy (non-hydrogen) atoms. The van der Waals surface area contributed by atoms with Gasteiger partial charge in [-0.25, -0.2) is 4.79 Å². The first kappa shape index (κ1) is 39.0. The molecule has 2 unspecified atom stereocenters. The van der Waals surface area contributed by atoms with E-state index in [-0.39, 0.29) is 48.4 Å². The third-order valence-electron chi connectivity index (χ3n) is 12.2. The fraction of sp³-hybridized carbons (Fsp3) is 0.511. The number of esters is 2. The number of hydrogen-bond acceptors (Lipinski definition) is 7. The molecule has 1 saturated heterocycles. The number of H-pyrrole nitrogens is 2. The fourth-order valence-corrected chi connectivity index (χ4v) is 8.99. The minimum Gasteiger partial charge on any atom is -0.466 e. The quantitative estimate of drug-likeness (QED) is 0.112. The maximum atomic E-state index is 13.5. The summed E-state index contributed by atoms with van der Waals surface area (Å²) >= 11 is 0. The molecule has 5 heterocycles. The summed E-state index contributed by atoms with van der Waals surface area (Å²) in [6.07, 6.45) is 18.3. The predicted octanol–water partition coefficient (Wildman–Crippen LogP) is 5.82. The number of methoxy groups -OCH3 is 1. The Kier molecular flexibility index (Phi) is 11.5. The van der Waals surface area contributed by atoms with Crippen LogP contribution in [0.5, 0.6) is 0 Å². The number of hydrogen-bond donors (Lipinski definition) is 5. The Labute approximate surface area is 320 Å². The van der Waals surface area contributed by atoms with Crippen molar-refractivity contribution in [3.05, 3.63) is 84.6 Å². The highest BCUT2D eigenvalue weighted by Gasteiger charge is 2.47. The van der Waals surface area contributed by atoms with E-state index in [1.807, 2.05) is 13.0 Å². The van der Waals surface area contributed by atoms with Crippen molar-refractivity contribution in [3.63, 3.8) is 0 Å². The van der Waals surface area contributed by atoms with E-state index in [9.17, 15) is 14.7 Å². The molecule has 1 fully saturated rings. The zero-order valence-corrected chi connectivity index (χ0v) is 33.5. The molecule has 2 aromatic heterocycles. The molecule has 0 amide bonds. The van der Waals surface area contributed by atoms with Crippen molar-refractivity contribution in [1.82, 2.24) is 20.6 Å². The van der Waals surface area contributed by atoms with Crippen LogP contribution in [-0.2, 0) is 25.5 Å². The van der Waals surface area contributed by atoms with Gasteiger partial charge in [0.1, 0.15) is 12.7 Å². The maximum absolute atomic E-state index is 13.5. The first-order chi connectivity index (χ1) is 25.8. The fourth-order valence-electron chi connectivity index (χ4n) is 8.99. The number of allylic oxidation sites excluding steroid dienone is 3. The van der Waals surface area contributed by atoms with Crippen molar-refractivity contribution in [1.29, 1.82) is 0 Å². The number of carbonyl (C=O) groups excluding carboxylic acids is 2. The average Bonchev–Trinajstić information content (AvgIpc) is 3.87. The molecule has 288 valence electrons. The van der Waals surface area contributed by atoms with Crippen molar-refractivity contribution in [2.24, 2.45) is 23.7 Å². The van der Waals surface area contributed by atoms with Crippen LogP contribution in [0.2, 0.25) is 0 Å². The molecule has 8 bridgehead atoms. The minimum absolute atomic E-state index is 0.0365. The van der Waals surface area contributed by atoms with Crippen molar-refractivity contribution in [2.75, 3.05) is 13.7 Å². The lowest BCUT2D eigenvalue weighted by Crippen LogP contribution is -2.31. The van der Waals surface area contributed by atoms with Crippen molar-refractivity contribution in [2.45, 2.75) is 112 Å². The number of aromatic nitrogens is 2. The molecule has 2 aromatic rings. The highest BCUT2D eigenvalue weighted by atomic mass is 16.5. The second kappa shape index (κ2) is 16.0. The molecule has 5 N–H and O–H groups in total. The molecule has 6 rings (SSSR count). The molecule has 9 nitrogen and oxygen atoms in total. The first-order valence-corrected chi connectivity index (χ1v) is 19.7. The number of fused-ring (bicyclic) bond motifs is 8. The van der Waals surface area contributed by atoms with Gasteiger partial charge in [0.25, 0.3) is 0 Å². The summed E-state index contributed by atoms with van der Waals surface area (Å²) in [5.41, 5.74) is 10.6. The normalized spacial score (nSPS) is 26.7. The van der Waals surface area contributed by atoms with Crippen molar-refractivity contribution < 1.29 is 24.2 Å². The summed E-state index contributed by atoms with van der Waals surface area (Å²) in [6.45, 7) is 17.3. The van der Waals surface area contributed by atoms with E-state index in [1.165, 1.54) is 30.2 Å². The van der Waals surface area contributed by atoms with Crippen molar-refractivity contribution >= 4 is 29.7 Å². The molecule has 9 heteroatoms. The summed E-state index contributed by atoms with van der Waals surface area (Å²) in [6, 6.07) is -0.527. The summed E-state index contributed by atoms with van der Waals surface area (Å²) < 4.78 is 11.0. The second-order valence-corrected chi connectivity index (χ2v) is 16.0.